The summed E-state index contributed by atoms with van der Waals surface area (Å²) in [6.45, 7) is 6.40. The SMILES string of the molecule is COc1cc(C(C#N)(CCCN(C)CCC2CCCCC2)C(C)C)cc(OC)c1OC.Cl. The average Bonchev–Trinajstić information content (AvgIpc) is 2.80. The predicted octanol–water partition coefficient (Wildman–Crippen LogP) is 6.23. The average molecular weight is 467 g/mol. The van der Waals surface area contributed by atoms with Crippen LogP contribution in [0.25, 0.3) is 0 Å². The van der Waals surface area contributed by atoms with E-state index in [1.807, 2.05) is 12.1 Å². The first-order chi connectivity index (χ1) is 14.9. The van der Waals surface area contributed by atoms with Gasteiger partial charge >= 0.3 is 0 Å². The lowest BCUT2D eigenvalue weighted by Gasteiger charge is -2.33. The van der Waals surface area contributed by atoms with Crippen molar-refractivity contribution >= 4 is 12.4 Å². The molecule has 0 bridgehead atoms. The second-order valence-electron chi connectivity index (χ2n) is 9.35. The Hall–Kier alpha value is -1.64. The number of methoxy groups -OCH3 is 3. The van der Waals surface area contributed by atoms with Crippen molar-refractivity contribution in [2.75, 3.05) is 41.5 Å². The molecule has 1 aliphatic carbocycles. The number of hydrogen-bond donors (Lipinski definition) is 0. The molecule has 0 aliphatic heterocycles. The van der Waals surface area contributed by atoms with Crippen molar-refractivity contribution in [1.82, 2.24) is 4.90 Å². The summed E-state index contributed by atoms with van der Waals surface area (Å²) in [5.41, 5.74) is 0.334. The van der Waals surface area contributed by atoms with Crippen molar-refractivity contribution in [2.45, 2.75) is 70.6 Å². The number of nitrogens with zero attached hydrogens (tertiary/aromatic N) is 2. The molecule has 0 saturated heterocycles. The maximum atomic E-state index is 10.3. The number of rotatable bonds is 12. The lowest BCUT2D eigenvalue weighted by molar-refractivity contribution is 0.251. The van der Waals surface area contributed by atoms with Crippen LogP contribution in [-0.2, 0) is 5.41 Å². The van der Waals surface area contributed by atoms with Crippen molar-refractivity contribution in [3.8, 4) is 23.3 Å². The topological polar surface area (TPSA) is 54.7 Å². The van der Waals surface area contributed by atoms with Crippen LogP contribution >= 0.6 is 12.4 Å². The van der Waals surface area contributed by atoms with Crippen LogP contribution in [0.5, 0.6) is 17.2 Å². The highest BCUT2D eigenvalue weighted by Gasteiger charge is 2.37. The molecule has 0 spiro atoms. The molecule has 0 amide bonds. The van der Waals surface area contributed by atoms with Crippen LogP contribution < -0.4 is 14.2 Å². The highest BCUT2D eigenvalue weighted by molar-refractivity contribution is 5.85. The van der Waals surface area contributed by atoms with Crippen molar-refractivity contribution in [3.63, 3.8) is 0 Å². The van der Waals surface area contributed by atoms with Gasteiger partial charge in [-0.2, -0.15) is 5.26 Å². The summed E-state index contributed by atoms with van der Waals surface area (Å²) in [5, 5.41) is 10.3. The number of benzene rings is 1. The maximum absolute atomic E-state index is 10.3. The molecule has 1 aromatic rings. The van der Waals surface area contributed by atoms with Crippen LogP contribution in [0.2, 0.25) is 0 Å². The van der Waals surface area contributed by atoms with Gasteiger partial charge in [0.1, 0.15) is 0 Å². The van der Waals surface area contributed by atoms with E-state index in [4.69, 9.17) is 14.2 Å². The van der Waals surface area contributed by atoms with Gasteiger partial charge in [-0.15, -0.1) is 12.4 Å². The van der Waals surface area contributed by atoms with Gasteiger partial charge in [0.05, 0.1) is 32.8 Å². The zero-order valence-corrected chi connectivity index (χ0v) is 21.7. The summed E-state index contributed by atoms with van der Waals surface area (Å²) in [5.74, 6) is 2.83. The van der Waals surface area contributed by atoms with Crippen molar-refractivity contribution in [3.05, 3.63) is 17.7 Å². The molecule has 1 aromatic carbocycles. The minimum Gasteiger partial charge on any atom is -0.493 e. The molecule has 0 aromatic heterocycles. The van der Waals surface area contributed by atoms with E-state index in [-0.39, 0.29) is 18.3 Å². The summed E-state index contributed by atoms with van der Waals surface area (Å²) < 4.78 is 16.6. The first kappa shape index (κ1) is 28.4. The molecule has 0 N–H and O–H groups in total. The van der Waals surface area contributed by atoms with E-state index in [1.165, 1.54) is 38.5 Å². The number of ether oxygens (including phenoxy) is 3. The van der Waals surface area contributed by atoms with E-state index in [0.717, 1.165) is 37.4 Å². The Kier molecular flexibility index (Phi) is 12.2. The summed E-state index contributed by atoms with van der Waals surface area (Å²) in [7, 11) is 7.05. The molecule has 1 aliphatic rings. The van der Waals surface area contributed by atoms with Gasteiger partial charge in [0.25, 0.3) is 0 Å². The molecule has 0 heterocycles. The van der Waals surface area contributed by atoms with Crippen molar-refractivity contribution in [2.24, 2.45) is 11.8 Å². The Morgan fingerprint density at radius 3 is 2.09 bits per heavy atom. The molecule has 0 radical (unpaired) electrons. The predicted molar refractivity (Wildman–Crippen MR) is 133 cm³/mol. The van der Waals surface area contributed by atoms with Crippen LogP contribution in [-0.4, -0.2) is 46.4 Å². The molecular weight excluding hydrogens is 424 g/mol. The summed E-state index contributed by atoms with van der Waals surface area (Å²) in [6.07, 6.45) is 10.1. The van der Waals surface area contributed by atoms with Gasteiger partial charge < -0.3 is 19.1 Å². The van der Waals surface area contributed by atoms with E-state index in [0.29, 0.717) is 17.2 Å². The van der Waals surface area contributed by atoms with Crippen LogP contribution in [0.3, 0.4) is 0 Å². The van der Waals surface area contributed by atoms with Crippen LogP contribution in [0, 0.1) is 23.2 Å². The Labute approximate surface area is 201 Å². The molecule has 1 unspecified atom stereocenters. The third-order valence-corrected chi connectivity index (χ3v) is 7.12. The Bertz CT molecular complexity index is 703. The van der Waals surface area contributed by atoms with Crippen LogP contribution in [0.15, 0.2) is 12.1 Å². The second kappa shape index (κ2) is 13.8. The summed E-state index contributed by atoms with van der Waals surface area (Å²) >= 11 is 0. The molecule has 5 nitrogen and oxygen atoms in total. The number of halogens is 1. The minimum atomic E-state index is -0.600. The van der Waals surface area contributed by atoms with Gasteiger partial charge in [0, 0.05) is 0 Å². The van der Waals surface area contributed by atoms with Gasteiger partial charge in [-0.3, -0.25) is 0 Å². The second-order valence-corrected chi connectivity index (χ2v) is 9.35. The normalized spacial score (nSPS) is 16.2. The van der Waals surface area contributed by atoms with Crippen molar-refractivity contribution in [1.29, 1.82) is 5.26 Å². The van der Waals surface area contributed by atoms with Crippen LogP contribution in [0.1, 0.15) is 70.8 Å². The third kappa shape index (κ3) is 6.93. The minimum absolute atomic E-state index is 0. The largest absolute Gasteiger partial charge is 0.493 e. The monoisotopic (exact) mass is 466 g/mol. The zero-order chi connectivity index (χ0) is 22.9. The van der Waals surface area contributed by atoms with Crippen LogP contribution in [0.4, 0.5) is 0 Å². The maximum Gasteiger partial charge on any atom is 0.203 e. The standard InChI is InChI=1S/C26H42N2O3.ClH/c1-20(2)26(19-27,22-17-23(29-4)25(31-6)24(18-22)30-5)14-10-15-28(3)16-13-21-11-8-7-9-12-21;/h17-18,20-21H,7-16H2,1-6H3;1H. The first-order valence-electron chi connectivity index (χ1n) is 11.8. The Morgan fingerprint density at radius 1 is 1.03 bits per heavy atom. The Morgan fingerprint density at radius 2 is 1.62 bits per heavy atom. The van der Waals surface area contributed by atoms with Gasteiger partial charge in [-0.05, 0) is 68.9 Å². The lowest BCUT2D eigenvalue weighted by atomic mass is 9.69. The fourth-order valence-electron chi connectivity index (χ4n) is 4.97. The smallest absolute Gasteiger partial charge is 0.203 e. The van der Waals surface area contributed by atoms with E-state index in [2.05, 4.69) is 31.9 Å². The number of hydrogen-bond acceptors (Lipinski definition) is 5. The van der Waals surface area contributed by atoms with Gasteiger partial charge in [0.2, 0.25) is 5.75 Å². The van der Waals surface area contributed by atoms with E-state index in [1.54, 1.807) is 21.3 Å². The molecule has 32 heavy (non-hydrogen) atoms. The molecule has 1 saturated carbocycles. The fraction of sp³-hybridized carbons (Fsp3) is 0.731. The highest BCUT2D eigenvalue weighted by atomic mass is 35.5. The summed E-state index contributed by atoms with van der Waals surface area (Å²) in [4.78, 5) is 2.44. The van der Waals surface area contributed by atoms with Gasteiger partial charge in [-0.1, -0.05) is 46.0 Å². The van der Waals surface area contributed by atoms with E-state index >= 15 is 0 Å². The molecule has 182 valence electrons. The van der Waals surface area contributed by atoms with E-state index < -0.39 is 5.41 Å². The molecule has 6 heteroatoms. The third-order valence-electron chi connectivity index (χ3n) is 7.12. The lowest BCUT2D eigenvalue weighted by Crippen LogP contribution is -2.32. The molecule has 2 rings (SSSR count). The fourth-order valence-corrected chi connectivity index (χ4v) is 4.97. The molecule has 1 atom stereocenters. The first-order valence-corrected chi connectivity index (χ1v) is 11.8. The van der Waals surface area contributed by atoms with Crippen molar-refractivity contribution < 1.29 is 14.2 Å². The summed E-state index contributed by atoms with van der Waals surface area (Å²) in [6, 6.07) is 6.54. The molecular formula is C26H43ClN2O3. The van der Waals surface area contributed by atoms with Gasteiger partial charge in [-0.25, -0.2) is 0 Å². The number of nitriles is 1. The highest BCUT2D eigenvalue weighted by Crippen LogP contribution is 2.45. The van der Waals surface area contributed by atoms with Gasteiger partial charge in [0.15, 0.2) is 11.5 Å². The quantitative estimate of drug-likeness (QED) is 0.365. The van der Waals surface area contributed by atoms with E-state index in [9.17, 15) is 5.26 Å². The molecule has 1 fully saturated rings. The Balaban J connectivity index is 0.00000512. The zero-order valence-electron chi connectivity index (χ0n) is 20.9.